The highest BCUT2D eigenvalue weighted by molar-refractivity contribution is 5.91. The van der Waals surface area contributed by atoms with Crippen LogP contribution in [0, 0.1) is 0 Å². The number of hydrogen-bond acceptors (Lipinski definition) is 4. The Morgan fingerprint density at radius 2 is 1.66 bits per heavy atom. The van der Waals surface area contributed by atoms with Crippen molar-refractivity contribution in [3.05, 3.63) is 47.5 Å². The minimum Gasteiger partial charge on any atom is -0.508 e. The largest absolute Gasteiger partial charge is 0.508 e. The van der Waals surface area contributed by atoms with Gasteiger partial charge >= 0.3 is 6.03 Å². The van der Waals surface area contributed by atoms with Gasteiger partial charge in [0, 0.05) is 18.2 Å². The maximum Gasteiger partial charge on any atom is 0.319 e. The van der Waals surface area contributed by atoms with Crippen LogP contribution in [0.3, 0.4) is 0 Å². The number of phenolic OH excluding ortho intramolecular Hbond substituents is 2. The molecule has 176 valence electrons. The number of carbonyl (C=O) groups excluding carboxylic acids is 1. The highest BCUT2D eigenvalue weighted by Gasteiger charge is 2.26. The summed E-state index contributed by atoms with van der Waals surface area (Å²) in [5.74, 6) is 0.745. The number of phenols is 2. The number of rotatable bonds is 10. The fraction of sp³-hybridized carbons (Fsp3) is 0.500. The molecule has 0 spiro atoms. The van der Waals surface area contributed by atoms with Crippen LogP contribution in [0.25, 0.3) is 0 Å². The number of ether oxygens (including phenoxy) is 1. The van der Waals surface area contributed by atoms with E-state index in [2.05, 4.69) is 70.4 Å². The lowest BCUT2D eigenvalue weighted by atomic mass is 9.76. The molecule has 0 fully saturated rings. The Kier molecular flexibility index (Phi) is 8.42. The molecule has 0 heterocycles. The van der Waals surface area contributed by atoms with E-state index in [-0.39, 0.29) is 28.0 Å². The van der Waals surface area contributed by atoms with Crippen molar-refractivity contribution in [1.29, 1.82) is 0 Å². The summed E-state index contributed by atoms with van der Waals surface area (Å²) in [6.45, 7) is 14.3. The normalized spacial score (nSPS) is 11.8. The van der Waals surface area contributed by atoms with Crippen LogP contribution in [-0.2, 0) is 10.8 Å². The Labute approximate surface area is 192 Å². The minimum atomic E-state index is -0.454. The van der Waals surface area contributed by atoms with Crippen LogP contribution < -0.4 is 15.4 Å². The second-order valence-corrected chi connectivity index (χ2v) is 9.47. The molecular formula is C26H38N2O4. The fourth-order valence-electron chi connectivity index (χ4n) is 3.25. The number of anilines is 1. The summed E-state index contributed by atoms with van der Waals surface area (Å²) < 4.78 is 6.12. The third-order valence-electron chi connectivity index (χ3n) is 6.35. The van der Waals surface area contributed by atoms with Crippen molar-refractivity contribution < 1.29 is 19.7 Å². The second-order valence-electron chi connectivity index (χ2n) is 9.47. The second kappa shape index (κ2) is 10.6. The number of carbonyl (C=O) groups is 1. The minimum absolute atomic E-state index is 0.00343. The van der Waals surface area contributed by atoms with Gasteiger partial charge in [-0.05, 0) is 53.9 Å². The number of nitrogens with one attached hydrogen (secondary N) is 2. The van der Waals surface area contributed by atoms with Gasteiger partial charge in [-0.15, -0.1) is 0 Å². The van der Waals surface area contributed by atoms with E-state index in [1.165, 1.54) is 29.3 Å². The lowest BCUT2D eigenvalue weighted by Gasteiger charge is -2.30. The average molecular weight is 443 g/mol. The zero-order chi connectivity index (χ0) is 23.9. The molecule has 4 N–H and O–H groups in total. The van der Waals surface area contributed by atoms with Crippen LogP contribution in [0.5, 0.6) is 17.2 Å². The third-order valence-corrected chi connectivity index (χ3v) is 6.35. The Morgan fingerprint density at radius 3 is 2.31 bits per heavy atom. The summed E-state index contributed by atoms with van der Waals surface area (Å²) in [4.78, 5) is 12.0. The quantitative estimate of drug-likeness (QED) is 0.204. The molecule has 0 bridgehead atoms. The van der Waals surface area contributed by atoms with Crippen molar-refractivity contribution in [3.8, 4) is 17.2 Å². The molecule has 0 saturated carbocycles. The van der Waals surface area contributed by atoms with E-state index in [9.17, 15) is 15.0 Å². The third kappa shape index (κ3) is 6.55. The number of amides is 2. The number of urea groups is 1. The molecule has 2 aromatic carbocycles. The van der Waals surface area contributed by atoms with Crippen LogP contribution in [0.4, 0.5) is 10.5 Å². The molecule has 2 amide bonds. The topological polar surface area (TPSA) is 90.8 Å². The summed E-state index contributed by atoms with van der Waals surface area (Å²) in [7, 11) is 0. The molecule has 0 radical (unpaired) electrons. The zero-order valence-electron chi connectivity index (χ0n) is 20.2. The zero-order valence-corrected chi connectivity index (χ0v) is 20.2. The lowest BCUT2D eigenvalue weighted by Crippen LogP contribution is -2.30. The van der Waals surface area contributed by atoms with Gasteiger partial charge in [0.1, 0.15) is 17.2 Å². The Bertz CT molecular complexity index is 922. The van der Waals surface area contributed by atoms with Crippen molar-refractivity contribution in [2.75, 3.05) is 18.5 Å². The van der Waals surface area contributed by atoms with E-state index >= 15 is 0 Å². The average Bonchev–Trinajstić information content (AvgIpc) is 2.76. The van der Waals surface area contributed by atoms with Crippen LogP contribution in [0.15, 0.2) is 36.4 Å². The Morgan fingerprint density at radius 1 is 0.969 bits per heavy atom. The van der Waals surface area contributed by atoms with Crippen LogP contribution in [0.2, 0.25) is 0 Å². The Balaban J connectivity index is 1.94. The van der Waals surface area contributed by atoms with Crippen molar-refractivity contribution in [3.63, 3.8) is 0 Å². The summed E-state index contributed by atoms with van der Waals surface area (Å²) in [5.41, 5.74) is 2.79. The van der Waals surface area contributed by atoms with Gasteiger partial charge in [-0.1, -0.05) is 53.7 Å². The summed E-state index contributed by atoms with van der Waals surface area (Å²) in [6.07, 6.45) is 2.70. The SMILES string of the molecule is CCC(C)(C)c1ccc(OCCCNC(=O)Nc2cc(O)ccc2O)c(C(C)(C)CC)c1. The van der Waals surface area contributed by atoms with E-state index in [1.54, 1.807) is 0 Å². The van der Waals surface area contributed by atoms with Gasteiger partial charge in [0.15, 0.2) is 0 Å². The molecule has 2 rings (SSSR count). The predicted molar refractivity (Wildman–Crippen MR) is 130 cm³/mol. The van der Waals surface area contributed by atoms with Crippen molar-refractivity contribution in [1.82, 2.24) is 5.32 Å². The summed E-state index contributed by atoms with van der Waals surface area (Å²) in [5, 5.41) is 24.5. The standard InChI is InChI=1S/C26H38N2O4/c1-7-25(3,4)18-10-13-23(20(16-18)26(5,6)8-2)32-15-9-14-27-24(31)28-21-17-19(29)11-12-22(21)30/h10-13,16-17,29-30H,7-9,14-15H2,1-6H3,(H2,27,28,31). The molecule has 0 saturated heterocycles. The first-order valence-corrected chi connectivity index (χ1v) is 11.3. The van der Waals surface area contributed by atoms with Gasteiger partial charge in [0.05, 0.1) is 12.3 Å². The van der Waals surface area contributed by atoms with Gasteiger partial charge in [-0.25, -0.2) is 4.79 Å². The fourth-order valence-corrected chi connectivity index (χ4v) is 3.25. The molecule has 32 heavy (non-hydrogen) atoms. The number of aromatic hydroxyl groups is 2. The Hall–Kier alpha value is -2.89. The maximum atomic E-state index is 12.0. The molecule has 6 heteroatoms. The van der Waals surface area contributed by atoms with Gasteiger partial charge in [0.2, 0.25) is 0 Å². The van der Waals surface area contributed by atoms with Crippen molar-refractivity contribution in [2.24, 2.45) is 0 Å². The molecule has 6 nitrogen and oxygen atoms in total. The van der Waals surface area contributed by atoms with E-state index in [0.717, 1.165) is 18.6 Å². The lowest BCUT2D eigenvalue weighted by molar-refractivity contribution is 0.249. The summed E-state index contributed by atoms with van der Waals surface area (Å²) >= 11 is 0. The van der Waals surface area contributed by atoms with Gasteiger partial charge in [-0.2, -0.15) is 0 Å². The van der Waals surface area contributed by atoms with Crippen LogP contribution >= 0.6 is 0 Å². The number of benzene rings is 2. The maximum absolute atomic E-state index is 12.0. The monoisotopic (exact) mass is 442 g/mol. The van der Waals surface area contributed by atoms with E-state index in [0.29, 0.717) is 19.6 Å². The smallest absolute Gasteiger partial charge is 0.319 e. The highest BCUT2D eigenvalue weighted by Crippen LogP contribution is 2.38. The molecule has 0 aromatic heterocycles. The molecule has 0 aliphatic carbocycles. The molecule has 0 aliphatic rings. The van der Waals surface area contributed by atoms with Crippen LogP contribution in [-0.4, -0.2) is 29.4 Å². The van der Waals surface area contributed by atoms with Gasteiger partial charge < -0.3 is 25.6 Å². The van der Waals surface area contributed by atoms with Crippen LogP contribution in [0.1, 0.15) is 71.9 Å². The van der Waals surface area contributed by atoms with Crippen molar-refractivity contribution in [2.45, 2.75) is 71.6 Å². The van der Waals surface area contributed by atoms with E-state index in [4.69, 9.17) is 4.74 Å². The first-order valence-electron chi connectivity index (χ1n) is 11.3. The molecule has 0 atom stereocenters. The van der Waals surface area contributed by atoms with E-state index in [1.807, 2.05) is 0 Å². The van der Waals surface area contributed by atoms with Crippen molar-refractivity contribution >= 4 is 11.7 Å². The molecule has 0 aliphatic heterocycles. The van der Waals surface area contributed by atoms with Gasteiger partial charge in [-0.3, -0.25) is 0 Å². The molecular weight excluding hydrogens is 404 g/mol. The first kappa shape index (κ1) is 25.4. The number of hydrogen-bond donors (Lipinski definition) is 4. The van der Waals surface area contributed by atoms with E-state index < -0.39 is 6.03 Å². The molecule has 2 aromatic rings. The predicted octanol–water partition coefficient (Wildman–Crippen LogP) is 6.06. The summed E-state index contributed by atoms with van der Waals surface area (Å²) in [6, 6.07) is 10.0. The highest BCUT2D eigenvalue weighted by atomic mass is 16.5. The first-order chi connectivity index (χ1) is 15.0. The van der Waals surface area contributed by atoms with Gasteiger partial charge in [0.25, 0.3) is 0 Å². The molecule has 0 unspecified atom stereocenters.